The van der Waals surface area contributed by atoms with Crippen molar-refractivity contribution in [3.8, 4) is 0 Å². The summed E-state index contributed by atoms with van der Waals surface area (Å²) in [5, 5.41) is 3.76. The maximum absolute atomic E-state index is 5.77. The van der Waals surface area contributed by atoms with E-state index >= 15 is 0 Å². The Morgan fingerprint density at radius 3 is 2.47 bits per heavy atom. The molecule has 110 valence electrons. The highest BCUT2D eigenvalue weighted by molar-refractivity contribution is 4.93. The molecular weight excluding hydrogens is 238 g/mol. The van der Waals surface area contributed by atoms with Gasteiger partial charge in [0.05, 0.1) is 13.2 Å². The molecule has 0 aromatic rings. The summed E-state index contributed by atoms with van der Waals surface area (Å²) in [6.07, 6.45) is 9.17. The van der Waals surface area contributed by atoms with Crippen LogP contribution in [-0.2, 0) is 9.47 Å². The SMILES string of the molecule is CC(C)=CCC[C@H](C)NC1CCC2(CC1)OCCO2. The van der Waals surface area contributed by atoms with E-state index in [4.69, 9.17) is 9.47 Å². The summed E-state index contributed by atoms with van der Waals surface area (Å²) >= 11 is 0. The first-order chi connectivity index (χ1) is 9.10. The fraction of sp³-hybridized carbons (Fsp3) is 0.875. The van der Waals surface area contributed by atoms with Crippen molar-refractivity contribution in [3.63, 3.8) is 0 Å². The van der Waals surface area contributed by atoms with Crippen LogP contribution in [0.5, 0.6) is 0 Å². The van der Waals surface area contributed by atoms with Crippen molar-refractivity contribution in [3.05, 3.63) is 11.6 Å². The molecule has 1 saturated heterocycles. The van der Waals surface area contributed by atoms with Crippen LogP contribution in [0.2, 0.25) is 0 Å². The molecule has 0 amide bonds. The molecule has 1 aliphatic heterocycles. The lowest BCUT2D eigenvalue weighted by molar-refractivity contribution is -0.179. The van der Waals surface area contributed by atoms with Gasteiger partial charge in [-0.1, -0.05) is 11.6 Å². The fourth-order valence-corrected chi connectivity index (χ4v) is 3.12. The van der Waals surface area contributed by atoms with Crippen molar-refractivity contribution in [2.24, 2.45) is 0 Å². The third kappa shape index (κ3) is 4.59. The Morgan fingerprint density at radius 2 is 1.89 bits per heavy atom. The molecule has 2 aliphatic rings. The normalized spacial score (nSPS) is 24.6. The average Bonchev–Trinajstić information content (AvgIpc) is 2.81. The summed E-state index contributed by atoms with van der Waals surface area (Å²) in [6, 6.07) is 1.24. The lowest BCUT2D eigenvalue weighted by Gasteiger charge is -2.36. The number of allylic oxidation sites excluding steroid dienone is 2. The minimum atomic E-state index is -0.219. The monoisotopic (exact) mass is 267 g/mol. The van der Waals surface area contributed by atoms with E-state index in [0.717, 1.165) is 26.1 Å². The molecule has 1 atom stereocenters. The summed E-state index contributed by atoms with van der Waals surface area (Å²) in [6.45, 7) is 8.18. The predicted molar refractivity (Wildman–Crippen MR) is 78.2 cm³/mol. The van der Waals surface area contributed by atoms with Crippen LogP contribution in [0, 0.1) is 0 Å². The summed E-state index contributed by atoms with van der Waals surface area (Å²) in [5.41, 5.74) is 1.42. The second-order valence-corrected chi connectivity index (χ2v) is 6.31. The van der Waals surface area contributed by atoms with E-state index in [-0.39, 0.29) is 5.79 Å². The van der Waals surface area contributed by atoms with Crippen LogP contribution >= 0.6 is 0 Å². The topological polar surface area (TPSA) is 30.5 Å². The van der Waals surface area contributed by atoms with Crippen LogP contribution in [0.25, 0.3) is 0 Å². The number of nitrogens with one attached hydrogen (secondary N) is 1. The Balaban J connectivity index is 1.66. The zero-order chi connectivity index (χ0) is 13.7. The average molecular weight is 267 g/mol. The Hall–Kier alpha value is -0.380. The third-order valence-corrected chi connectivity index (χ3v) is 4.23. The van der Waals surface area contributed by atoms with E-state index in [2.05, 4.69) is 32.2 Å². The fourth-order valence-electron chi connectivity index (χ4n) is 3.12. The summed E-state index contributed by atoms with van der Waals surface area (Å²) in [4.78, 5) is 0. The Kier molecular flexibility index (Phi) is 5.43. The van der Waals surface area contributed by atoms with Crippen LogP contribution < -0.4 is 5.32 Å². The Morgan fingerprint density at radius 1 is 1.26 bits per heavy atom. The molecule has 0 unspecified atom stereocenters. The largest absolute Gasteiger partial charge is 0.348 e. The van der Waals surface area contributed by atoms with Gasteiger partial charge in [-0.2, -0.15) is 0 Å². The van der Waals surface area contributed by atoms with Crippen molar-refractivity contribution < 1.29 is 9.47 Å². The van der Waals surface area contributed by atoms with Crippen LogP contribution in [0.3, 0.4) is 0 Å². The van der Waals surface area contributed by atoms with Gasteiger partial charge < -0.3 is 14.8 Å². The van der Waals surface area contributed by atoms with Crippen molar-refractivity contribution >= 4 is 0 Å². The standard InChI is InChI=1S/C16H29NO2/c1-13(2)5-4-6-14(3)17-15-7-9-16(10-8-15)18-11-12-19-16/h5,14-15,17H,4,6-12H2,1-3H3/t14-/m0/s1. The first kappa shape index (κ1) is 15.0. The number of hydrogen-bond acceptors (Lipinski definition) is 3. The van der Waals surface area contributed by atoms with Gasteiger partial charge in [-0.05, 0) is 46.5 Å². The molecule has 2 rings (SSSR count). The van der Waals surface area contributed by atoms with E-state index < -0.39 is 0 Å². The third-order valence-electron chi connectivity index (χ3n) is 4.23. The molecule has 0 radical (unpaired) electrons. The highest BCUT2D eigenvalue weighted by Gasteiger charge is 2.40. The van der Waals surface area contributed by atoms with Crippen molar-refractivity contribution in [2.45, 2.75) is 77.2 Å². The molecule has 3 heteroatoms. The zero-order valence-electron chi connectivity index (χ0n) is 12.7. The van der Waals surface area contributed by atoms with Crippen molar-refractivity contribution in [2.75, 3.05) is 13.2 Å². The highest BCUT2D eigenvalue weighted by atomic mass is 16.7. The minimum absolute atomic E-state index is 0.219. The van der Waals surface area contributed by atoms with E-state index in [1.165, 1.54) is 31.3 Å². The Bertz CT molecular complexity index is 294. The molecule has 1 saturated carbocycles. The Labute approximate surface area is 117 Å². The molecular formula is C16H29NO2. The second-order valence-electron chi connectivity index (χ2n) is 6.31. The van der Waals surface area contributed by atoms with Crippen LogP contribution in [0.1, 0.15) is 59.3 Å². The number of hydrogen-bond donors (Lipinski definition) is 1. The smallest absolute Gasteiger partial charge is 0.168 e. The first-order valence-electron chi connectivity index (χ1n) is 7.77. The molecule has 0 aromatic heterocycles. The molecule has 3 nitrogen and oxygen atoms in total. The molecule has 0 aromatic carbocycles. The summed E-state index contributed by atoms with van der Waals surface area (Å²) in [7, 11) is 0. The van der Waals surface area contributed by atoms with Gasteiger partial charge in [-0.3, -0.25) is 0 Å². The predicted octanol–water partition coefficient (Wildman–Crippen LogP) is 3.40. The molecule has 1 heterocycles. The van der Waals surface area contributed by atoms with Crippen LogP contribution in [0.4, 0.5) is 0 Å². The van der Waals surface area contributed by atoms with E-state index in [1.54, 1.807) is 0 Å². The lowest BCUT2D eigenvalue weighted by Crippen LogP contribution is -2.44. The molecule has 19 heavy (non-hydrogen) atoms. The van der Waals surface area contributed by atoms with E-state index in [1.807, 2.05) is 0 Å². The minimum Gasteiger partial charge on any atom is -0.348 e. The van der Waals surface area contributed by atoms with Gasteiger partial charge in [0.25, 0.3) is 0 Å². The second kappa shape index (κ2) is 6.87. The highest BCUT2D eigenvalue weighted by Crippen LogP contribution is 2.35. The van der Waals surface area contributed by atoms with Gasteiger partial charge in [-0.25, -0.2) is 0 Å². The first-order valence-corrected chi connectivity index (χ1v) is 7.77. The van der Waals surface area contributed by atoms with Gasteiger partial charge in [-0.15, -0.1) is 0 Å². The maximum atomic E-state index is 5.77. The maximum Gasteiger partial charge on any atom is 0.168 e. The van der Waals surface area contributed by atoms with Gasteiger partial charge in [0.1, 0.15) is 0 Å². The molecule has 1 aliphatic carbocycles. The van der Waals surface area contributed by atoms with E-state index in [0.29, 0.717) is 12.1 Å². The van der Waals surface area contributed by atoms with Gasteiger partial charge in [0, 0.05) is 24.9 Å². The van der Waals surface area contributed by atoms with E-state index in [9.17, 15) is 0 Å². The molecule has 0 bridgehead atoms. The molecule has 1 N–H and O–H groups in total. The van der Waals surface area contributed by atoms with Gasteiger partial charge >= 0.3 is 0 Å². The van der Waals surface area contributed by atoms with Gasteiger partial charge in [0.2, 0.25) is 0 Å². The summed E-state index contributed by atoms with van der Waals surface area (Å²) < 4.78 is 11.5. The molecule has 1 spiro atoms. The quantitative estimate of drug-likeness (QED) is 0.774. The van der Waals surface area contributed by atoms with Gasteiger partial charge in [0.15, 0.2) is 5.79 Å². The zero-order valence-corrected chi connectivity index (χ0v) is 12.7. The van der Waals surface area contributed by atoms with Crippen LogP contribution in [0.15, 0.2) is 11.6 Å². The number of rotatable bonds is 5. The lowest BCUT2D eigenvalue weighted by atomic mass is 9.89. The van der Waals surface area contributed by atoms with Crippen LogP contribution in [-0.4, -0.2) is 31.1 Å². The molecule has 2 fully saturated rings. The van der Waals surface area contributed by atoms with Crippen molar-refractivity contribution in [1.29, 1.82) is 0 Å². The number of ether oxygens (including phenoxy) is 2. The summed E-state index contributed by atoms with van der Waals surface area (Å²) in [5.74, 6) is -0.219. The van der Waals surface area contributed by atoms with Crippen molar-refractivity contribution in [1.82, 2.24) is 5.32 Å².